The summed E-state index contributed by atoms with van der Waals surface area (Å²) in [5.41, 5.74) is -0.767. The molecule has 23 heavy (non-hydrogen) atoms. The zero-order valence-electron chi connectivity index (χ0n) is 13.8. The summed E-state index contributed by atoms with van der Waals surface area (Å²) in [6, 6.07) is -0.380. The Labute approximate surface area is 139 Å². The van der Waals surface area contributed by atoms with Crippen molar-refractivity contribution in [2.45, 2.75) is 51.6 Å². The van der Waals surface area contributed by atoms with Gasteiger partial charge in [0.1, 0.15) is 15.6 Å². The molecular weight excluding hydrogens is 314 g/mol. The second-order valence-corrected chi connectivity index (χ2v) is 7.94. The second-order valence-electron chi connectivity index (χ2n) is 6.85. The van der Waals surface area contributed by atoms with E-state index < -0.39 is 5.54 Å². The van der Waals surface area contributed by atoms with Gasteiger partial charge in [-0.2, -0.15) is 0 Å². The van der Waals surface area contributed by atoms with E-state index in [1.165, 1.54) is 0 Å². The van der Waals surface area contributed by atoms with E-state index in [1.807, 2.05) is 6.92 Å². The van der Waals surface area contributed by atoms with Gasteiger partial charge in [-0.05, 0) is 38.8 Å². The van der Waals surface area contributed by atoms with Crippen LogP contribution in [0.5, 0.6) is 0 Å². The molecule has 1 aromatic rings. The molecule has 1 unspecified atom stereocenters. The minimum atomic E-state index is -0.767. The molecule has 0 aromatic carbocycles. The van der Waals surface area contributed by atoms with Gasteiger partial charge in [0.15, 0.2) is 0 Å². The Bertz CT molecular complexity index is 609. The molecule has 126 valence electrons. The van der Waals surface area contributed by atoms with E-state index in [1.54, 1.807) is 11.3 Å². The van der Waals surface area contributed by atoms with Gasteiger partial charge in [-0.1, -0.05) is 25.2 Å². The minimum absolute atomic E-state index is 0.172. The average Bonchev–Trinajstić information content (AvgIpc) is 3.05. The summed E-state index contributed by atoms with van der Waals surface area (Å²) in [5.74, 6) is 0.383. The normalized spacial score (nSPS) is 26.6. The van der Waals surface area contributed by atoms with Gasteiger partial charge in [-0.3, -0.25) is 15.0 Å². The Hall–Kier alpha value is -1.54. The van der Waals surface area contributed by atoms with Gasteiger partial charge in [0.25, 0.3) is 5.91 Å². The van der Waals surface area contributed by atoms with E-state index in [0.29, 0.717) is 5.92 Å². The highest BCUT2D eigenvalue weighted by Gasteiger charge is 2.48. The molecule has 1 aromatic heterocycles. The van der Waals surface area contributed by atoms with Gasteiger partial charge in [0.2, 0.25) is 0 Å². The fraction of sp³-hybridized carbons (Fsp3) is 0.733. The molecule has 2 aliphatic heterocycles. The molecule has 1 atom stereocenters. The highest BCUT2D eigenvalue weighted by molar-refractivity contribution is 7.11. The van der Waals surface area contributed by atoms with Crippen LogP contribution in [-0.2, 0) is 11.3 Å². The van der Waals surface area contributed by atoms with Crippen molar-refractivity contribution in [3.8, 4) is 0 Å². The number of nitrogens with one attached hydrogen (secondary N) is 2. The number of aromatic nitrogens is 2. The zero-order valence-corrected chi connectivity index (χ0v) is 14.6. The molecule has 0 spiro atoms. The summed E-state index contributed by atoms with van der Waals surface area (Å²) < 4.78 is 0. The van der Waals surface area contributed by atoms with E-state index in [2.05, 4.69) is 39.6 Å². The molecule has 2 saturated heterocycles. The number of imide groups is 1. The van der Waals surface area contributed by atoms with Crippen LogP contribution in [-0.4, -0.2) is 45.7 Å². The Kier molecular flexibility index (Phi) is 4.37. The molecule has 7 nitrogen and oxygen atoms in total. The largest absolute Gasteiger partial charge is 0.323 e. The highest BCUT2D eigenvalue weighted by atomic mass is 32.1. The van der Waals surface area contributed by atoms with Gasteiger partial charge in [0, 0.05) is 5.92 Å². The fourth-order valence-electron chi connectivity index (χ4n) is 3.27. The van der Waals surface area contributed by atoms with E-state index in [0.717, 1.165) is 42.5 Å². The lowest BCUT2D eigenvalue weighted by Gasteiger charge is -2.38. The number of carbonyl (C=O) groups excluding carboxylic acids is 2. The summed E-state index contributed by atoms with van der Waals surface area (Å²) in [6.45, 7) is 8.69. The molecular formula is C15H23N5O2S. The Morgan fingerprint density at radius 1 is 1.30 bits per heavy atom. The van der Waals surface area contributed by atoms with Gasteiger partial charge >= 0.3 is 6.03 Å². The van der Waals surface area contributed by atoms with Crippen molar-refractivity contribution in [2.24, 2.45) is 5.92 Å². The first kappa shape index (κ1) is 16.3. The molecule has 0 saturated carbocycles. The van der Waals surface area contributed by atoms with E-state index in [-0.39, 0.29) is 17.9 Å². The van der Waals surface area contributed by atoms with Crippen molar-refractivity contribution in [3.63, 3.8) is 0 Å². The van der Waals surface area contributed by atoms with Crippen LogP contribution in [0.25, 0.3) is 0 Å². The molecule has 2 aliphatic rings. The lowest BCUT2D eigenvalue weighted by Crippen LogP contribution is -2.53. The maximum atomic E-state index is 12.0. The molecule has 2 N–H and O–H groups in total. The Morgan fingerprint density at radius 3 is 2.52 bits per heavy atom. The third kappa shape index (κ3) is 3.23. The van der Waals surface area contributed by atoms with Crippen molar-refractivity contribution in [1.82, 2.24) is 25.7 Å². The monoisotopic (exact) mass is 337 g/mol. The molecule has 0 bridgehead atoms. The van der Waals surface area contributed by atoms with Crippen molar-refractivity contribution in [1.29, 1.82) is 0 Å². The van der Waals surface area contributed by atoms with E-state index in [9.17, 15) is 9.59 Å². The van der Waals surface area contributed by atoms with Gasteiger partial charge in [0.05, 0.1) is 6.54 Å². The van der Waals surface area contributed by atoms with Crippen molar-refractivity contribution < 1.29 is 9.59 Å². The van der Waals surface area contributed by atoms with Crippen molar-refractivity contribution >= 4 is 23.3 Å². The highest BCUT2D eigenvalue weighted by Crippen LogP contribution is 2.31. The lowest BCUT2D eigenvalue weighted by molar-refractivity contribution is -0.125. The summed E-state index contributed by atoms with van der Waals surface area (Å²) in [4.78, 5) is 25.8. The number of amides is 3. The number of likely N-dealkylation sites (tertiary alicyclic amines) is 1. The molecule has 3 heterocycles. The fourth-order valence-corrected chi connectivity index (χ4v) is 4.16. The van der Waals surface area contributed by atoms with E-state index in [4.69, 9.17) is 0 Å². The number of hydrogen-bond donors (Lipinski definition) is 2. The average molecular weight is 337 g/mol. The van der Waals surface area contributed by atoms with Crippen molar-refractivity contribution in [2.75, 3.05) is 13.1 Å². The van der Waals surface area contributed by atoms with Crippen LogP contribution in [0.3, 0.4) is 0 Å². The number of piperidine rings is 1. The first-order chi connectivity index (χ1) is 10.9. The van der Waals surface area contributed by atoms with Crippen LogP contribution >= 0.6 is 11.3 Å². The van der Waals surface area contributed by atoms with Gasteiger partial charge in [-0.15, -0.1) is 10.2 Å². The number of rotatable bonds is 4. The second kappa shape index (κ2) is 6.16. The van der Waals surface area contributed by atoms with Crippen LogP contribution in [0.2, 0.25) is 0 Å². The molecule has 0 radical (unpaired) electrons. The van der Waals surface area contributed by atoms with E-state index >= 15 is 0 Å². The van der Waals surface area contributed by atoms with Crippen LogP contribution in [0.15, 0.2) is 0 Å². The summed E-state index contributed by atoms with van der Waals surface area (Å²) in [7, 11) is 0. The molecule has 3 amide bonds. The number of carbonyl (C=O) groups is 2. The minimum Gasteiger partial charge on any atom is -0.323 e. The van der Waals surface area contributed by atoms with Gasteiger partial charge < -0.3 is 5.32 Å². The number of urea groups is 1. The molecule has 3 rings (SSSR count). The number of nitrogens with zero attached hydrogens (tertiary/aromatic N) is 3. The van der Waals surface area contributed by atoms with Crippen LogP contribution in [0, 0.1) is 5.92 Å². The smallest absolute Gasteiger partial charge is 0.322 e. The maximum absolute atomic E-state index is 12.0. The third-order valence-electron chi connectivity index (χ3n) is 4.81. The van der Waals surface area contributed by atoms with Crippen LogP contribution in [0.1, 0.15) is 49.5 Å². The van der Waals surface area contributed by atoms with Crippen molar-refractivity contribution in [3.05, 3.63) is 10.0 Å². The van der Waals surface area contributed by atoms with Crippen LogP contribution < -0.4 is 10.6 Å². The summed E-state index contributed by atoms with van der Waals surface area (Å²) in [5, 5.41) is 15.8. The third-order valence-corrected chi connectivity index (χ3v) is 6.02. The van der Waals surface area contributed by atoms with Gasteiger partial charge in [-0.25, -0.2) is 4.79 Å². The standard InChI is InChI=1S/C15H23N5O2S/c1-9(2)12-19-18-11(23-12)8-20-6-4-10(5-7-20)15(3)13(21)16-14(22)17-15/h9-10H,4-8H2,1-3H3,(H2,16,17,21,22). The predicted molar refractivity (Wildman–Crippen MR) is 87.1 cm³/mol. The predicted octanol–water partition coefficient (Wildman–Crippen LogP) is 1.47. The molecule has 2 fully saturated rings. The quantitative estimate of drug-likeness (QED) is 0.813. The summed E-state index contributed by atoms with van der Waals surface area (Å²) in [6.07, 6.45) is 1.78. The summed E-state index contributed by atoms with van der Waals surface area (Å²) >= 11 is 1.68. The molecule has 0 aliphatic carbocycles. The SMILES string of the molecule is CC(C)c1nnc(CN2CCC(C3(C)NC(=O)NC3=O)CC2)s1. The Balaban J connectivity index is 1.56. The first-order valence-corrected chi connectivity index (χ1v) is 8.88. The molecule has 8 heteroatoms. The Morgan fingerprint density at radius 2 is 2.00 bits per heavy atom. The number of hydrogen-bond acceptors (Lipinski definition) is 6. The maximum Gasteiger partial charge on any atom is 0.322 e. The van der Waals surface area contributed by atoms with Crippen LogP contribution in [0.4, 0.5) is 4.79 Å². The topological polar surface area (TPSA) is 87.2 Å². The first-order valence-electron chi connectivity index (χ1n) is 8.06. The zero-order chi connectivity index (χ0) is 16.6. The lowest BCUT2D eigenvalue weighted by atomic mass is 9.79.